The summed E-state index contributed by atoms with van der Waals surface area (Å²) in [5.41, 5.74) is 0.907. The number of hydrogen-bond acceptors (Lipinski definition) is 5. The van der Waals surface area contributed by atoms with Crippen LogP contribution < -0.4 is 9.47 Å². The molecule has 1 aromatic carbocycles. The molecule has 0 radical (unpaired) electrons. The molecule has 5 atom stereocenters. The second kappa shape index (κ2) is 6.39. The molecule has 0 amide bonds. The second-order valence-electron chi connectivity index (χ2n) is 7.00. The number of rotatable bonds is 3. The topological polar surface area (TPSA) is 68.2 Å². The standard InChI is InChI=1S/C19H26O5/c1-11-5-7-13-18(17(11)20)24-16(10-19(13,2)21)12-6-8-14(22-3)15(9-12)23-4/h5-6,8-9,13,16-18,20-21H,7,10H2,1-4H3/t13-,16?,17-,18-,19?/m1/s1. The third-order valence-corrected chi connectivity index (χ3v) is 5.37. The zero-order valence-electron chi connectivity index (χ0n) is 14.7. The van der Waals surface area contributed by atoms with Gasteiger partial charge in [-0.1, -0.05) is 12.1 Å². The molecule has 0 bridgehead atoms. The van der Waals surface area contributed by atoms with Crippen molar-refractivity contribution >= 4 is 0 Å². The lowest BCUT2D eigenvalue weighted by atomic mass is 9.70. The number of benzene rings is 1. The Morgan fingerprint density at radius 2 is 1.92 bits per heavy atom. The van der Waals surface area contributed by atoms with Gasteiger partial charge in [0.15, 0.2) is 11.5 Å². The van der Waals surface area contributed by atoms with Crippen molar-refractivity contribution in [2.75, 3.05) is 14.2 Å². The number of aliphatic hydroxyl groups is 2. The highest BCUT2D eigenvalue weighted by molar-refractivity contribution is 5.43. The van der Waals surface area contributed by atoms with Crippen LogP contribution in [0.2, 0.25) is 0 Å². The number of methoxy groups -OCH3 is 2. The molecule has 5 nitrogen and oxygen atoms in total. The lowest BCUT2D eigenvalue weighted by molar-refractivity contribution is -0.206. The minimum atomic E-state index is -0.904. The zero-order chi connectivity index (χ0) is 17.5. The largest absolute Gasteiger partial charge is 0.493 e. The monoisotopic (exact) mass is 334 g/mol. The van der Waals surface area contributed by atoms with E-state index in [1.807, 2.05) is 38.1 Å². The fourth-order valence-corrected chi connectivity index (χ4v) is 3.84. The number of hydrogen-bond donors (Lipinski definition) is 2. The van der Waals surface area contributed by atoms with Crippen molar-refractivity contribution in [3.05, 3.63) is 35.4 Å². The quantitative estimate of drug-likeness (QED) is 0.832. The molecule has 0 spiro atoms. The Morgan fingerprint density at radius 3 is 2.58 bits per heavy atom. The maximum Gasteiger partial charge on any atom is 0.161 e. The first-order valence-electron chi connectivity index (χ1n) is 8.32. The van der Waals surface area contributed by atoms with Gasteiger partial charge in [-0.2, -0.15) is 0 Å². The van der Waals surface area contributed by atoms with E-state index in [1.165, 1.54) is 0 Å². The van der Waals surface area contributed by atoms with Crippen molar-refractivity contribution in [3.8, 4) is 11.5 Å². The molecule has 132 valence electrons. The smallest absolute Gasteiger partial charge is 0.161 e. The van der Waals surface area contributed by atoms with Gasteiger partial charge in [-0.05, 0) is 43.5 Å². The van der Waals surface area contributed by atoms with Crippen LogP contribution >= 0.6 is 0 Å². The van der Waals surface area contributed by atoms with Gasteiger partial charge in [-0.25, -0.2) is 0 Å². The lowest BCUT2D eigenvalue weighted by Gasteiger charge is -2.49. The highest BCUT2D eigenvalue weighted by Gasteiger charge is 2.49. The van der Waals surface area contributed by atoms with E-state index >= 15 is 0 Å². The minimum Gasteiger partial charge on any atom is -0.493 e. The van der Waals surface area contributed by atoms with Crippen LogP contribution in [0, 0.1) is 5.92 Å². The summed E-state index contributed by atoms with van der Waals surface area (Å²) in [5.74, 6) is 1.17. The van der Waals surface area contributed by atoms with Crippen LogP contribution in [0.5, 0.6) is 11.5 Å². The predicted octanol–water partition coefficient (Wildman–Crippen LogP) is 2.61. The molecule has 24 heavy (non-hydrogen) atoms. The molecule has 2 aliphatic rings. The van der Waals surface area contributed by atoms with Crippen LogP contribution in [0.4, 0.5) is 0 Å². The Balaban J connectivity index is 1.92. The summed E-state index contributed by atoms with van der Waals surface area (Å²) in [6.45, 7) is 3.74. The molecule has 2 unspecified atom stereocenters. The Bertz CT molecular complexity index is 637. The van der Waals surface area contributed by atoms with Crippen molar-refractivity contribution < 1.29 is 24.4 Å². The lowest BCUT2D eigenvalue weighted by Crippen LogP contribution is -2.55. The van der Waals surface area contributed by atoms with E-state index in [0.29, 0.717) is 17.9 Å². The summed E-state index contributed by atoms with van der Waals surface area (Å²) in [5, 5.41) is 21.5. The van der Waals surface area contributed by atoms with Gasteiger partial charge in [-0.3, -0.25) is 0 Å². The Hall–Kier alpha value is -1.56. The molecule has 3 rings (SSSR count). The number of fused-ring (bicyclic) bond motifs is 1. The molecule has 1 heterocycles. The van der Waals surface area contributed by atoms with E-state index in [9.17, 15) is 10.2 Å². The summed E-state index contributed by atoms with van der Waals surface area (Å²) in [6.07, 6.45) is 1.81. The van der Waals surface area contributed by atoms with E-state index < -0.39 is 17.8 Å². The maximum absolute atomic E-state index is 11.0. The first-order valence-corrected chi connectivity index (χ1v) is 8.32. The SMILES string of the molecule is COc1ccc(C2CC(C)(O)[C@@H]3CC=C(C)[C@@H](O)[C@@H]3O2)cc1OC. The van der Waals surface area contributed by atoms with E-state index in [-0.39, 0.29) is 12.0 Å². The third-order valence-electron chi connectivity index (χ3n) is 5.37. The highest BCUT2D eigenvalue weighted by Crippen LogP contribution is 2.47. The highest BCUT2D eigenvalue weighted by atomic mass is 16.5. The molecular weight excluding hydrogens is 308 g/mol. The van der Waals surface area contributed by atoms with Crippen LogP contribution in [0.1, 0.15) is 38.4 Å². The number of ether oxygens (including phenoxy) is 3. The minimum absolute atomic E-state index is 0.104. The van der Waals surface area contributed by atoms with Gasteiger partial charge in [0.2, 0.25) is 0 Å². The average molecular weight is 334 g/mol. The molecule has 1 aromatic rings. The van der Waals surface area contributed by atoms with E-state index in [1.54, 1.807) is 14.2 Å². The van der Waals surface area contributed by atoms with Crippen LogP contribution in [0.25, 0.3) is 0 Å². The fraction of sp³-hybridized carbons (Fsp3) is 0.579. The van der Waals surface area contributed by atoms with Crippen LogP contribution in [0.15, 0.2) is 29.8 Å². The van der Waals surface area contributed by atoms with E-state index in [2.05, 4.69) is 0 Å². The molecule has 0 aromatic heterocycles. The summed E-state index contributed by atoms with van der Waals surface area (Å²) in [6, 6.07) is 5.62. The maximum atomic E-state index is 11.0. The van der Waals surface area contributed by atoms with Crippen molar-refractivity contribution in [3.63, 3.8) is 0 Å². The van der Waals surface area contributed by atoms with Gasteiger partial charge >= 0.3 is 0 Å². The Labute approximate surface area is 142 Å². The van der Waals surface area contributed by atoms with E-state index in [4.69, 9.17) is 14.2 Å². The summed E-state index contributed by atoms with van der Waals surface area (Å²) < 4.78 is 16.9. The number of aliphatic hydroxyl groups excluding tert-OH is 1. The van der Waals surface area contributed by atoms with Crippen molar-refractivity contribution in [2.24, 2.45) is 5.92 Å². The summed E-state index contributed by atoms with van der Waals surface area (Å²) >= 11 is 0. The van der Waals surface area contributed by atoms with Gasteiger partial charge in [-0.15, -0.1) is 0 Å². The van der Waals surface area contributed by atoms with Crippen molar-refractivity contribution in [2.45, 2.75) is 50.6 Å². The summed E-state index contributed by atoms with van der Waals surface area (Å²) in [7, 11) is 3.19. The van der Waals surface area contributed by atoms with Crippen LogP contribution in [0.3, 0.4) is 0 Å². The van der Waals surface area contributed by atoms with Crippen molar-refractivity contribution in [1.82, 2.24) is 0 Å². The van der Waals surface area contributed by atoms with Crippen molar-refractivity contribution in [1.29, 1.82) is 0 Å². The molecule has 1 aliphatic carbocycles. The van der Waals surface area contributed by atoms with Gasteiger partial charge < -0.3 is 24.4 Å². The molecule has 0 saturated carbocycles. The fourth-order valence-electron chi connectivity index (χ4n) is 3.84. The van der Waals surface area contributed by atoms with Gasteiger partial charge in [0.05, 0.1) is 32.0 Å². The zero-order valence-corrected chi connectivity index (χ0v) is 14.7. The molecule has 1 aliphatic heterocycles. The Morgan fingerprint density at radius 1 is 1.21 bits per heavy atom. The average Bonchev–Trinajstić information content (AvgIpc) is 2.57. The van der Waals surface area contributed by atoms with Crippen LogP contribution in [-0.2, 0) is 4.74 Å². The third kappa shape index (κ3) is 2.92. The second-order valence-corrected chi connectivity index (χ2v) is 7.00. The number of allylic oxidation sites excluding steroid dienone is 1. The van der Waals surface area contributed by atoms with Gasteiger partial charge in [0.1, 0.15) is 6.10 Å². The normalized spacial score (nSPS) is 35.8. The van der Waals surface area contributed by atoms with Gasteiger partial charge in [0.25, 0.3) is 0 Å². The Kier molecular flexibility index (Phi) is 4.60. The molecular formula is C19H26O5. The summed E-state index contributed by atoms with van der Waals surface area (Å²) in [4.78, 5) is 0. The first-order chi connectivity index (χ1) is 11.4. The molecule has 2 N–H and O–H groups in total. The van der Waals surface area contributed by atoms with Crippen LogP contribution in [-0.4, -0.2) is 42.2 Å². The molecule has 5 heteroatoms. The molecule has 1 saturated heterocycles. The first kappa shape index (κ1) is 17.3. The predicted molar refractivity (Wildman–Crippen MR) is 90.3 cm³/mol. The van der Waals surface area contributed by atoms with E-state index in [0.717, 1.165) is 17.6 Å². The molecule has 1 fully saturated rings. The van der Waals surface area contributed by atoms with Gasteiger partial charge in [0, 0.05) is 12.3 Å².